The molecule has 0 unspecified atom stereocenters. The van der Waals surface area contributed by atoms with Gasteiger partial charge in [0.2, 0.25) is 0 Å². The van der Waals surface area contributed by atoms with Crippen LogP contribution in [0.5, 0.6) is 0 Å². The van der Waals surface area contributed by atoms with Gasteiger partial charge in [0.05, 0.1) is 11.3 Å². The lowest BCUT2D eigenvalue weighted by Gasteiger charge is -2.36. The van der Waals surface area contributed by atoms with Gasteiger partial charge in [0, 0.05) is 71.0 Å². The van der Waals surface area contributed by atoms with Gasteiger partial charge in [-0.1, -0.05) is 0 Å². The van der Waals surface area contributed by atoms with Crippen LogP contribution < -0.4 is 10.2 Å². The number of carbonyl (C=O) groups excluding carboxylic acids is 1. The number of aromatic nitrogens is 3. The first-order chi connectivity index (χ1) is 11.8. The summed E-state index contributed by atoms with van der Waals surface area (Å²) in [5.41, 5.74) is 1.65. The molecule has 1 saturated heterocycles. The molecule has 7 heteroatoms. The van der Waals surface area contributed by atoms with Gasteiger partial charge in [-0.3, -0.25) is 19.7 Å². The maximum Gasteiger partial charge on any atom is 0.254 e. The minimum atomic E-state index is -0.0943. The van der Waals surface area contributed by atoms with Crippen LogP contribution in [0.1, 0.15) is 16.1 Å². The molecule has 0 bridgehead atoms. The zero-order valence-electron chi connectivity index (χ0n) is 13.9. The smallest absolute Gasteiger partial charge is 0.254 e. The third-order valence-electron chi connectivity index (χ3n) is 4.23. The summed E-state index contributed by atoms with van der Waals surface area (Å²) in [6.45, 7) is 4.59. The predicted octanol–water partition coefficient (Wildman–Crippen LogP) is 0.596. The quantitative estimate of drug-likeness (QED) is 0.867. The highest BCUT2D eigenvalue weighted by molar-refractivity contribution is 5.98. The van der Waals surface area contributed by atoms with Crippen LogP contribution in [0.15, 0.2) is 36.9 Å². The van der Waals surface area contributed by atoms with Gasteiger partial charge in [0.1, 0.15) is 5.82 Å². The van der Waals surface area contributed by atoms with Crippen molar-refractivity contribution in [3.63, 3.8) is 0 Å². The summed E-state index contributed by atoms with van der Waals surface area (Å²) in [5.74, 6) is 0.675. The van der Waals surface area contributed by atoms with Crippen molar-refractivity contribution in [1.82, 2.24) is 25.2 Å². The number of hydrogen-bond donors (Lipinski definition) is 1. The highest BCUT2D eigenvalue weighted by Gasteiger charge is 2.22. The first-order valence-electron chi connectivity index (χ1n) is 8.17. The van der Waals surface area contributed by atoms with Gasteiger partial charge >= 0.3 is 0 Å². The zero-order valence-corrected chi connectivity index (χ0v) is 13.9. The Bertz CT molecular complexity index is 670. The Morgan fingerprint density at radius 2 is 2.00 bits per heavy atom. The van der Waals surface area contributed by atoms with Gasteiger partial charge < -0.3 is 10.2 Å². The normalized spacial score (nSPS) is 15.3. The van der Waals surface area contributed by atoms with Gasteiger partial charge in [0.25, 0.3) is 5.91 Å². The Morgan fingerprint density at radius 1 is 1.17 bits per heavy atom. The maximum atomic E-state index is 12.0. The largest absolute Gasteiger partial charge is 0.355 e. The number of nitrogens with one attached hydrogen (secondary N) is 1. The van der Waals surface area contributed by atoms with Crippen LogP contribution in [0.2, 0.25) is 0 Å². The monoisotopic (exact) mass is 326 g/mol. The average Bonchev–Trinajstić information content (AvgIpc) is 2.67. The second-order valence-electron chi connectivity index (χ2n) is 5.73. The fourth-order valence-corrected chi connectivity index (χ4v) is 2.88. The summed E-state index contributed by atoms with van der Waals surface area (Å²) in [5, 5.41) is 2.68. The molecule has 3 heterocycles. The number of pyridine rings is 1. The molecule has 24 heavy (non-hydrogen) atoms. The molecule has 1 aliphatic rings. The fourth-order valence-electron chi connectivity index (χ4n) is 2.88. The minimum absolute atomic E-state index is 0.0943. The van der Waals surface area contributed by atoms with Gasteiger partial charge in [-0.2, -0.15) is 0 Å². The third-order valence-corrected chi connectivity index (χ3v) is 4.23. The number of rotatable bonds is 5. The van der Waals surface area contributed by atoms with E-state index in [1.807, 2.05) is 12.3 Å². The highest BCUT2D eigenvalue weighted by atomic mass is 16.1. The van der Waals surface area contributed by atoms with Gasteiger partial charge in [-0.05, 0) is 12.1 Å². The van der Waals surface area contributed by atoms with Crippen LogP contribution in [0, 0.1) is 0 Å². The van der Waals surface area contributed by atoms with E-state index in [1.165, 1.54) is 0 Å². The van der Waals surface area contributed by atoms with Crippen molar-refractivity contribution in [1.29, 1.82) is 0 Å². The van der Waals surface area contributed by atoms with Crippen molar-refractivity contribution in [2.24, 2.45) is 0 Å². The van der Waals surface area contributed by atoms with Crippen molar-refractivity contribution < 1.29 is 4.79 Å². The molecular formula is C17H22N6O. The molecule has 0 atom stereocenters. The van der Waals surface area contributed by atoms with Crippen LogP contribution in [0.3, 0.4) is 0 Å². The Balaban J connectivity index is 1.57. The van der Waals surface area contributed by atoms with Gasteiger partial charge in [-0.15, -0.1) is 0 Å². The van der Waals surface area contributed by atoms with Crippen molar-refractivity contribution in [2.45, 2.75) is 6.42 Å². The number of carbonyl (C=O) groups is 1. The van der Waals surface area contributed by atoms with E-state index < -0.39 is 0 Å². The SMILES string of the molecule is CNC(=O)c1cccnc1N1CCN(CCc2cnccn2)CC1. The molecule has 1 N–H and O–H groups in total. The predicted molar refractivity (Wildman–Crippen MR) is 92.0 cm³/mol. The lowest BCUT2D eigenvalue weighted by Crippen LogP contribution is -2.47. The summed E-state index contributed by atoms with van der Waals surface area (Å²) >= 11 is 0. The van der Waals surface area contributed by atoms with Gasteiger partial charge in [0.15, 0.2) is 0 Å². The first kappa shape index (κ1) is 16.3. The molecule has 0 aliphatic carbocycles. The standard InChI is InChI=1S/C17H22N6O/c1-18-17(24)15-3-2-5-21-16(15)23-11-9-22(10-12-23)8-4-14-13-19-6-7-20-14/h2-3,5-7,13H,4,8-12H2,1H3,(H,18,24). The van der Waals surface area contributed by atoms with Crippen molar-refractivity contribution in [2.75, 3.05) is 44.7 Å². The topological polar surface area (TPSA) is 74.2 Å². The number of piperazine rings is 1. The minimum Gasteiger partial charge on any atom is -0.355 e. The molecule has 2 aromatic rings. The lowest BCUT2D eigenvalue weighted by molar-refractivity contribution is 0.0963. The summed E-state index contributed by atoms with van der Waals surface area (Å²) in [7, 11) is 1.64. The highest BCUT2D eigenvalue weighted by Crippen LogP contribution is 2.19. The number of amides is 1. The van der Waals surface area contributed by atoms with E-state index in [0.717, 1.165) is 50.7 Å². The van der Waals surface area contributed by atoms with E-state index >= 15 is 0 Å². The van der Waals surface area contributed by atoms with E-state index in [9.17, 15) is 4.79 Å². The van der Waals surface area contributed by atoms with Crippen LogP contribution >= 0.6 is 0 Å². The molecule has 0 saturated carbocycles. The fraction of sp³-hybridized carbons (Fsp3) is 0.412. The zero-order chi connectivity index (χ0) is 16.8. The van der Waals surface area contributed by atoms with Crippen molar-refractivity contribution in [3.8, 4) is 0 Å². The Morgan fingerprint density at radius 3 is 2.71 bits per heavy atom. The van der Waals surface area contributed by atoms with E-state index in [-0.39, 0.29) is 5.91 Å². The Hall–Kier alpha value is -2.54. The number of hydrogen-bond acceptors (Lipinski definition) is 6. The molecule has 7 nitrogen and oxygen atoms in total. The maximum absolute atomic E-state index is 12.0. The molecule has 2 aromatic heterocycles. The Kier molecular flexibility index (Phi) is 5.32. The molecule has 126 valence electrons. The van der Waals surface area contributed by atoms with E-state index in [4.69, 9.17) is 0 Å². The second kappa shape index (κ2) is 7.83. The van der Waals surface area contributed by atoms with Crippen LogP contribution in [-0.2, 0) is 6.42 Å². The number of nitrogens with zero attached hydrogens (tertiary/aromatic N) is 5. The number of anilines is 1. The summed E-state index contributed by atoms with van der Waals surface area (Å²) in [6, 6.07) is 3.62. The Labute approximate surface area is 141 Å². The molecule has 0 aromatic carbocycles. The average molecular weight is 326 g/mol. The van der Waals surface area contributed by atoms with E-state index in [0.29, 0.717) is 5.56 Å². The van der Waals surface area contributed by atoms with E-state index in [1.54, 1.807) is 31.7 Å². The molecular weight excluding hydrogens is 304 g/mol. The van der Waals surface area contributed by atoms with Crippen LogP contribution in [-0.4, -0.2) is 65.5 Å². The van der Waals surface area contributed by atoms with Gasteiger partial charge in [-0.25, -0.2) is 4.98 Å². The first-order valence-corrected chi connectivity index (χ1v) is 8.17. The summed E-state index contributed by atoms with van der Waals surface area (Å²) in [6.07, 6.45) is 7.89. The molecule has 1 fully saturated rings. The molecule has 1 aliphatic heterocycles. The van der Waals surface area contributed by atoms with Crippen molar-refractivity contribution in [3.05, 3.63) is 48.2 Å². The molecule has 0 spiro atoms. The van der Waals surface area contributed by atoms with Crippen LogP contribution in [0.4, 0.5) is 5.82 Å². The van der Waals surface area contributed by atoms with E-state index in [2.05, 4.69) is 30.1 Å². The lowest BCUT2D eigenvalue weighted by atomic mass is 10.2. The summed E-state index contributed by atoms with van der Waals surface area (Å²) in [4.78, 5) is 29.4. The summed E-state index contributed by atoms with van der Waals surface area (Å²) < 4.78 is 0. The third kappa shape index (κ3) is 3.86. The second-order valence-corrected chi connectivity index (χ2v) is 5.73. The molecule has 1 amide bonds. The van der Waals surface area contributed by atoms with Crippen LogP contribution in [0.25, 0.3) is 0 Å². The van der Waals surface area contributed by atoms with Crippen molar-refractivity contribution >= 4 is 11.7 Å². The molecule has 3 rings (SSSR count). The molecule has 0 radical (unpaired) electrons.